The SMILES string of the molecule is CC(C)NC(=O)C[C@H](c1ccccc1)[Si](C)(C)C. The number of nitrogens with one attached hydrogen (secondary N) is 1. The lowest BCUT2D eigenvalue weighted by atomic mass is 10.1. The molecule has 1 atom stereocenters. The predicted molar refractivity (Wildman–Crippen MR) is 80.4 cm³/mol. The van der Waals surface area contributed by atoms with Crippen molar-refractivity contribution in [2.24, 2.45) is 0 Å². The molecule has 0 spiro atoms. The number of hydrogen-bond donors (Lipinski definition) is 1. The molecule has 1 amide bonds. The molecule has 0 saturated heterocycles. The van der Waals surface area contributed by atoms with Crippen LogP contribution in [0.5, 0.6) is 0 Å². The lowest BCUT2D eigenvalue weighted by molar-refractivity contribution is -0.121. The fraction of sp³-hybridized carbons (Fsp3) is 0.533. The molecule has 0 heterocycles. The van der Waals surface area contributed by atoms with Gasteiger partial charge in [-0.3, -0.25) is 4.79 Å². The number of amides is 1. The summed E-state index contributed by atoms with van der Waals surface area (Å²) in [5.74, 6) is 0.168. The normalized spacial score (nSPS) is 13.4. The summed E-state index contributed by atoms with van der Waals surface area (Å²) < 4.78 is 0. The third kappa shape index (κ3) is 4.65. The highest BCUT2D eigenvalue weighted by Gasteiger charge is 2.30. The van der Waals surface area contributed by atoms with Gasteiger partial charge < -0.3 is 5.32 Å². The van der Waals surface area contributed by atoms with Crippen LogP contribution in [0.15, 0.2) is 30.3 Å². The van der Waals surface area contributed by atoms with E-state index in [0.717, 1.165) is 0 Å². The molecule has 0 aliphatic carbocycles. The van der Waals surface area contributed by atoms with Gasteiger partial charge in [0.15, 0.2) is 0 Å². The average molecular weight is 263 g/mol. The molecular formula is C15H25NOSi. The number of rotatable bonds is 5. The van der Waals surface area contributed by atoms with Gasteiger partial charge in [-0.1, -0.05) is 50.0 Å². The average Bonchev–Trinajstić information content (AvgIpc) is 2.24. The Bertz CT molecular complexity index is 381. The van der Waals surface area contributed by atoms with Gasteiger partial charge in [0.1, 0.15) is 0 Å². The van der Waals surface area contributed by atoms with E-state index in [-0.39, 0.29) is 11.9 Å². The van der Waals surface area contributed by atoms with E-state index in [4.69, 9.17) is 0 Å². The summed E-state index contributed by atoms with van der Waals surface area (Å²) in [6.07, 6.45) is 0.609. The maximum atomic E-state index is 12.0. The largest absolute Gasteiger partial charge is 0.354 e. The third-order valence-electron chi connectivity index (χ3n) is 3.09. The summed E-state index contributed by atoms with van der Waals surface area (Å²) in [6, 6.07) is 10.7. The van der Waals surface area contributed by atoms with E-state index in [1.165, 1.54) is 5.56 Å². The first-order valence-electron chi connectivity index (χ1n) is 6.65. The van der Waals surface area contributed by atoms with E-state index >= 15 is 0 Å². The van der Waals surface area contributed by atoms with Gasteiger partial charge in [-0.25, -0.2) is 0 Å². The third-order valence-corrected chi connectivity index (χ3v) is 5.71. The van der Waals surface area contributed by atoms with E-state index in [1.807, 2.05) is 19.9 Å². The van der Waals surface area contributed by atoms with Crippen molar-refractivity contribution in [2.45, 2.75) is 51.5 Å². The highest BCUT2D eigenvalue weighted by atomic mass is 28.3. The van der Waals surface area contributed by atoms with Crippen LogP contribution in [-0.2, 0) is 4.79 Å². The summed E-state index contributed by atoms with van der Waals surface area (Å²) in [6.45, 7) is 11.0. The van der Waals surface area contributed by atoms with Crippen LogP contribution in [0.3, 0.4) is 0 Å². The van der Waals surface area contributed by atoms with Crippen molar-refractivity contribution in [1.29, 1.82) is 0 Å². The topological polar surface area (TPSA) is 29.1 Å². The van der Waals surface area contributed by atoms with E-state index < -0.39 is 8.07 Å². The summed E-state index contributed by atoms with van der Waals surface area (Å²) >= 11 is 0. The van der Waals surface area contributed by atoms with Gasteiger partial charge in [0.2, 0.25) is 5.91 Å². The van der Waals surface area contributed by atoms with Gasteiger partial charge in [-0.05, 0) is 25.0 Å². The fourth-order valence-corrected chi connectivity index (χ4v) is 4.17. The maximum absolute atomic E-state index is 12.0. The summed E-state index contributed by atoms with van der Waals surface area (Å²) in [5.41, 5.74) is 1.69. The Balaban J connectivity index is 2.85. The lowest BCUT2D eigenvalue weighted by Crippen LogP contribution is -2.38. The molecule has 2 nitrogen and oxygen atoms in total. The molecule has 1 aromatic rings. The highest BCUT2D eigenvalue weighted by molar-refractivity contribution is 6.77. The minimum absolute atomic E-state index is 0.168. The Kier molecular flexibility index (Phi) is 5.14. The minimum Gasteiger partial charge on any atom is -0.354 e. The number of carbonyl (C=O) groups excluding carboxylic acids is 1. The van der Waals surface area contributed by atoms with Crippen LogP contribution in [0, 0.1) is 0 Å². The van der Waals surface area contributed by atoms with Gasteiger partial charge in [-0.15, -0.1) is 0 Å². The van der Waals surface area contributed by atoms with Crippen LogP contribution in [0.1, 0.15) is 31.4 Å². The molecule has 0 unspecified atom stereocenters. The molecule has 0 aliphatic heterocycles. The van der Waals surface area contributed by atoms with Crippen LogP contribution in [0.2, 0.25) is 19.6 Å². The Labute approximate surface area is 112 Å². The zero-order valence-electron chi connectivity index (χ0n) is 12.2. The first-order valence-corrected chi connectivity index (χ1v) is 10.2. The van der Waals surface area contributed by atoms with Crippen molar-refractivity contribution in [2.75, 3.05) is 0 Å². The number of benzene rings is 1. The van der Waals surface area contributed by atoms with E-state index in [9.17, 15) is 4.79 Å². The Morgan fingerprint density at radius 2 is 1.72 bits per heavy atom. The number of hydrogen-bond acceptors (Lipinski definition) is 1. The van der Waals surface area contributed by atoms with Crippen LogP contribution in [0.25, 0.3) is 0 Å². The molecule has 0 aliphatic rings. The second-order valence-electron chi connectivity index (χ2n) is 6.26. The summed E-state index contributed by atoms with van der Waals surface area (Å²) in [5, 5.41) is 3.00. The fourth-order valence-electron chi connectivity index (χ4n) is 2.18. The highest BCUT2D eigenvalue weighted by Crippen LogP contribution is 2.30. The smallest absolute Gasteiger partial charge is 0.220 e. The van der Waals surface area contributed by atoms with Gasteiger partial charge in [0, 0.05) is 12.5 Å². The van der Waals surface area contributed by atoms with Gasteiger partial charge in [0.25, 0.3) is 0 Å². The van der Waals surface area contributed by atoms with Gasteiger partial charge >= 0.3 is 0 Å². The lowest BCUT2D eigenvalue weighted by Gasteiger charge is -2.29. The monoisotopic (exact) mass is 263 g/mol. The predicted octanol–water partition coefficient (Wildman–Crippen LogP) is 3.56. The summed E-state index contributed by atoms with van der Waals surface area (Å²) in [4.78, 5) is 12.0. The second-order valence-corrected chi connectivity index (χ2v) is 11.7. The molecular weight excluding hydrogens is 238 g/mol. The summed E-state index contributed by atoms with van der Waals surface area (Å²) in [7, 11) is -1.40. The molecule has 0 fully saturated rings. The van der Waals surface area contributed by atoms with Crippen molar-refractivity contribution < 1.29 is 4.79 Å². The standard InChI is InChI=1S/C15H25NOSi/c1-12(2)16-15(17)11-14(18(3,4)5)13-9-7-6-8-10-13/h6-10,12,14H,11H2,1-5H3,(H,16,17)/t14-/m1/s1. The van der Waals surface area contributed by atoms with E-state index in [0.29, 0.717) is 12.0 Å². The number of carbonyl (C=O) groups is 1. The molecule has 100 valence electrons. The molecule has 18 heavy (non-hydrogen) atoms. The van der Waals surface area contributed by atoms with Crippen molar-refractivity contribution >= 4 is 14.0 Å². The van der Waals surface area contributed by atoms with Crippen molar-refractivity contribution in [1.82, 2.24) is 5.32 Å². The molecule has 0 radical (unpaired) electrons. The van der Waals surface area contributed by atoms with Crippen LogP contribution in [0.4, 0.5) is 0 Å². The second kappa shape index (κ2) is 6.18. The maximum Gasteiger partial charge on any atom is 0.220 e. The molecule has 1 aromatic carbocycles. The van der Waals surface area contributed by atoms with Crippen LogP contribution >= 0.6 is 0 Å². The van der Waals surface area contributed by atoms with Crippen molar-refractivity contribution in [3.63, 3.8) is 0 Å². The Morgan fingerprint density at radius 3 is 2.17 bits per heavy atom. The first-order chi connectivity index (χ1) is 8.30. The van der Waals surface area contributed by atoms with Crippen LogP contribution in [-0.4, -0.2) is 20.0 Å². The van der Waals surface area contributed by atoms with Crippen LogP contribution < -0.4 is 5.32 Å². The van der Waals surface area contributed by atoms with Crippen molar-refractivity contribution in [3.05, 3.63) is 35.9 Å². The Morgan fingerprint density at radius 1 is 1.17 bits per heavy atom. The molecule has 1 N–H and O–H groups in total. The van der Waals surface area contributed by atoms with Crippen molar-refractivity contribution in [3.8, 4) is 0 Å². The van der Waals surface area contributed by atoms with E-state index in [1.54, 1.807) is 0 Å². The Hall–Kier alpha value is -1.09. The first kappa shape index (κ1) is 15.0. The zero-order valence-corrected chi connectivity index (χ0v) is 13.2. The minimum atomic E-state index is -1.40. The zero-order chi connectivity index (χ0) is 13.8. The molecule has 0 bridgehead atoms. The quantitative estimate of drug-likeness (QED) is 0.809. The van der Waals surface area contributed by atoms with E-state index in [2.05, 4.69) is 49.2 Å². The molecule has 3 heteroatoms. The van der Waals surface area contributed by atoms with Gasteiger partial charge in [0.05, 0.1) is 8.07 Å². The molecule has 1 rings (SSSR count). The molecule has 0 aromatic heterocycles. The molecule has 0 saturated carbocycles. The van der Waals surface area contributed by atoms with Gasteiger partial charge in [-0.2, -0.15) is 0 Å².